The van der Waals surface area contributed by atoms with Crippen LogP contribution in [0.3, 0.4) is 0 Å². The van der Waals surface area contributed by atoms with E-state index in [1.165, 1.54) is 0 Å². The number of nitrogens with two attached hydrogens (primary N) is 1. The lowest BCUT2D eigenvalue weighted by Crippen LogP contribution is -2.15. The second kappa shape index (κ2) is 8.93. The van der Waals surface area contributed by atoms with Crippen LogP contribution in [-0.4, -0.2) is 17.4 Å². The van der Waals surface area contributed by atoms with Crippen molar-refractivity contribution in [1.82, 2.24) is 4.98 Å². The highest BCUT2D eigenvalue weighted by atomic mass is 35.5. The fraction of sp³-hybridized carbons (Fsp3) is 0.600. The second-order valence-electron chi connectivity index (χ2n) is 5.15. The van der Waals surface area contributed by atoms with E-state index >= 15 is 0 Å². The molecule has 1 aromatic heterocycles. The van der Waals surface area contributed by atoms with Gasteiger partial charge in [-0.05, 0) is 43.9 Å². The molecule has 0 aromatic carbocycles. The van der Waals surface area contributed by atoms with E-state index < -0.39 is 0 Å². The van der Waals surface area contributed by atoms with Gasteiger partial charge in [-0.1, -0.05) is 31.4 Å². The molecule has 0 aliphatic carbocycles. The Morgan fingerprint density at radius 3 is 2.80 bits per heavy atom. The zero-order valence-electron chi connectivity index (χ0n) is 12.3. The zero-order valence-corrected chi connectivity index (χ0v) is 13.0. The first-order valence-electron chi connectivity index (χ1n) is 7.18. The van der Waals surface area contributed by atoms with Gasteiger partial charge in [-0.2, -0.15) is 0 Å². The number of carbonyl (C=O) groups excluding carboxylic acids is 1. The van der Waals surface area contributed by atoms with Gasteiger partial charge in [0.25, 0.3) is 0 Å². The normalized spacial score (nSPS) is 12.2. The Labute approximate surface area is 126 Å². The molecule has 4 nitrogen and oxygen atoms in total. The Kier molecular flexibility index (Phi) is 7.55. The number of nitrogens with zero attached hydrogens (tertiary/aromatic N) is 1. The molecule has 112 valence electrons. The third-order valence-electron chi connectivity index (χ3n) is 3.35. The van der Waals surface area contributed by atoms with Crippen LogP contribution in [-0.2, 0) is 4.79 Å². The Balaban J connectivity index is 2.44. The summed E-state index contributed by atoms with van der Waals surface area (Å²) in [6.45, 7) is 4.71. The molecule has 0 radical (unpaired) electrons. The summed E-state index contributed by atoms with van der Waals surface area (Å²) >= 11 is 5.85. The molecular weight excluding hydrogens is 274 g/mol. The predicted octanol–water partition coefficient (Wildman–Crippen LogP) is 3.53. The minimum atomic E-state index is 0.0200. The van der Waals surface area contributed by atoms with Crippen LogP contribution in [0.5, 0.6) is 0 Å². The average molecular weight is 298 g/mol. The van der Waals surface area contributed by atoms with Crippen LogP contribution in [0.4, 0.5) is 5.69 Å². The van der Waals surface area contributed by atoms with Crippen LogP contribution in [0, 0.1) is 12.8 Å². The monoisotopic (exact) mass is 297 g/mol. The van der Waals surface area contributed by atoms with Gasteiger partial charge in [-0.25, -0.2) is 4.98 Å². The highest BCUT2D eigenvalue weighted by Crippen LogP contribution is 2.19. The summed E-state index contributed by atoms with van der Waals surface area (Å²) in [4.78, 5) is 15.9. The molecule has 0 fully saturated rings. The molecule has 1 rings (SSSR count). The Bertz CT molecular complexity index is 431. The lowest BCUT2D eigenvalue weighted by molar-refractivity contribution is -0.116. The maximum atomic E-state index is 11.9. The molecule has 0 spiro atoms. The van der Waals surface area contributed by atoms with Crippen molar-refractivity contribution < 1.29 is 4.79 Å². The van der Waals surface area contributed by atoms with Gasteiger partial charge >= 0.3 is 0 Å². The van der Waals surface area contributed by atoms with E-state index in [0.717, 1.165) is 31.2 Å². The molecule has 5 heteroatoms. The molecule has 1 aromatic rings. The molecule has 0 aliphatic heterocycles. The maximum absolute atomic E-state index is 11.9. The van der Waals surface area contributed by atoms with Gasteiger partial charge in [0.2, 0.25) is 5.91 Å². The van der Waals surface area contributed by atoms with Crippen LogP contribution in [0.1, 0.15) is 44.6 Å². The first kappa shape index (κ1) is 16.9. The van der Waals surface area contributed by atoms with E-state index in [-0.39, 0.29) is 5.91 Å². The minimum absolute atomic E-state index is 0.0200. The maximum Gasteiger partial charge on any atom is 0.224 e. The molecule has 1 heterocycles. The lowest BCUT2D eigenvalue weighted by atomic mass is 9.94. The largest absolute Gasteiger partial charge is 0.330 e. The number of rotatable bonds is 8. The highest BCUT2D eigenvalue weighted by molar-refractivity contribution is 6.30. The number of carbonyl (C=O) groups is 1. The number of aromatic nitrogens is 1. The van der Waals surface area contributed by atoms with E-state index in [0.29, 0.717) is 29.7 Å². The Morgan fingerprint density at radius 1 is 1.45 bits per heavy atom. The molecule has 3 N–H and O–H groups in total. The average Bonchev–Trinajstić information content (AvgIpc) is 2.41. The molecule has 0 aliphatic rings. The van der Waals surface area contributed by atoms with Gasteiger partial charge in [-0.3, -0.25) is 4.79 Å². The number of halogens is 1. The van der Waals surface area contributed by atoms with Gasteiger partial charge in [0.15, 0.2) is 0 Å². The van der Waals surface area contributed by atoms with Crippen molar-refractivity contribution in [1.29, 1.82) is 0 Å². The minimum Gasteiger partial charge on any atom is -0.330 e. The number of aryl methyl sites for hydroxylation is 1. The van der Waals surface area contributed by atoms with Crippen molar-refractivity contribution in [2.24, 2.45) is 11.7 Å². The second-order valence-corrected chi connectivity index (χ2v) is 5.51. The van der Waals surface area contributed by atoms with E-state index in [9.17, 15) is 4.79 Å². The molecule has 1 unspecified atom stereocenters. The van der Waals surface area contributed by atoms with Crippen LogP contribution in [0.25, 0.3) is 0 Å². The van der Waals surface area contributed by atoms with Crippen molar-refractivity contribution in [2.75, 3.05) is 11.9 Å². The van der Waals surface area contributed by atoms with Crippen molar-refractivity contribution >= 4 is 23.2 Å². The summed E-state index contributed by atoms with van der Waals surface area (Å²) in [5.74, 6) is 0.562. The smallest absolute Gasteiger partial charge is 0.224 e. The van der Waals surface area contributed by atoms with Gasteiger partial charge in [-0.15, -0.1) is 0 Å². The van der Waals surface area contributed by atoms with Crippen LogP contribution < -0.4 is 11.1 Å². The summed E-state index contributed by atoms with van der Waals surface area (Å²) in [5, 5.41) is 3.32. The van der Waals surface area contributed by atoms with E-state index in [1.807, 2.05) is 13.0 Å². The molecule has 0 bridgehead atoms. The number of amides is 1. The predicted molar refractivity (Wildman–Crippen MR) is 83.9 cm³/mol. The molecule has 0 saturated carbocycles. The fourth-order valence-corrected chi connectivity index (χ4v) is 2.37. The summed E-state index contributed by atoms with van der Waals surface area (Å²) < 4.78 is 0. The number of anilines is 1. The van der Waals surface area contributed by atoms with Gasteiger partial charge in [0, 0.05) is 6.42 Å². The number of hydrogen-bond acceptors (Lipinski definition) is 3. The van der Waals surface area contributed by atoms with E-state index in [1.54, 1.807) is 6.20 Å². The highest BCUT2D eigenvalue weighted by Gasteiger charge is 2.10. The first-order chi connectivity index (χ1) is 9.56. The molecule has 20 heavy (non-hydrogen) atoms. The molecule has 1 atom stereocenters. The number of hydrogen-bond donors (Lipinski definition) is 2. The Hall–Kier alpha value is -1.13. The molecule has 0 saturated heterocycles. The van der Waals surface area contributed by atoms with E-state index in [4.69, 9.17) is 17.3 Å². The van der Waals surface area contributed by atoms with Crippen LogP contribution in [0.2, 0.25) is 5.15 Å². The van der Waals surface area contributed by atoms with Crippen molar-refractivity contribution in [3.8, 4) is 0 Å². The number of pyridine rings is 1. The first-order valence-corrected chi connectivity index (χ1v) is 7.56. The van der Waals surface area contributed by atoms with Crippen molar-refractivity contribution in [3.05, 3.63) is 23.0 Å². The number of nitrogens with one attached hydrogen (secondary N) is 1. The molecule has 1 amide bonds. The lowest BCUT2D eigenvalue weighted by Gasteiger charge is -2.14. The summed E-state index contributed by atoms with van der Waals surface area (Å²) in [6, 6.07) is 1.83. The van der Waals surface area contributed by atoms with Gasteiger partial charge in [0.05, 0.1) is 11.9 Å². The van der Waals surface area contributed by atoms with Crippen molar-refractivity contribution in [2.45, 2.75) is 46.0 Å². The van der Waals surface area contributed by atoms with Gasteiger partial charge in [0.1, 0.15) is 5.15 Å². The van der Waals surface area contributed by atoms with Crippen LogP contribution >= 0.6 is 11.6 Å². The third kappa shape index (κ3) is 5.88. The third-order valence-corrected chi connectivity index (χ3v) is 3.75. The topological polar surface area (TPSA) is 68.0 Å². The zero-order chi connectivity index (χ0) is 15.0. The Morgan fingerprint density at radius 2 is 2.20 bits per heavy atom. The molecular formula is C15H24ClN3O. The van der Waals surface area contributed by atoms with E-state index in [2.05, 4.69) is 17.2 Å². The summed E-state index contributed by atoms with van der Waals surface area (Å²) in [6.07, 6.45) is 6.24. The van der Waals surface area contributed by atoms with Crippen LogP contribution in [0.15, 0.2) is 12.3 Å². The SMILES string of the molecule is CCCC(CCN)CCC(=O)Nc1cnc(Cl)c(C)c1. The quantitative estimate of drug-likeness (QED) is 0.721. The van der Waals surface area contributed by atoms with Gasteiger partial charge < -0.3 is 11.1 Å². The van der Waals surface area contributed by atoms with Crippen molar-refractivity contribution in [3.63, 3.8) is 0 Å². The summed E-state index contributed by atoms with van der Waals surface area (Å²) in [7, 11) is 0. The standard InChI is InChI=1S/C15H24ClN3O/c1-3-4-12(7-8-17)5-6-14(20)19-13-9-11(2)15(16)18-10-13/h9-10,12H,3-8,17H2,1-2H3,(H,19,20). The summed E-state index contributed by atoms with van der Waals surface area (Å²) in [5.41, 5.74) is 7.15. The fourth-order valence-electron chi connectivity index (χ4n) is 2.26.